The van der Waals surface area contributed by atoms with Gasteiger partial charge in [0.1, 0.15) is 5.82 Å². The molecule has 0 aliphatic carbocycles. The monoisotopic (exact) mass is 429 g/mol. The maximum atomic E-state index is 13.6. The SMILES string of the molecule is CC(CC(=O)Nc1cccc(N2CCCC2)c1)NC(=O)CCSc1ccccc1F. The molecule has 0 bridgehead atoms. The fourth-order valence-corrected chi connectivity index (χ4v) is 4.35. The quantitative estimate of drug-likeness (QED) is 0.579. The highest BCUT2D eigenvalue weighted by atomic mass is 32.2. The van der Waals surface area contributed by atoms with Crippen LogP contribution in [-0.2, 0) is 9.59 Å². The van der Waals surface area contributed by atoms with Crippen LogP contribution in [-0.4, -0.2) is 36.7 Å². The summed E-state index contributed by atoms with van der Waals surface area (Å²) >= 11 is 1.31. The predicted molar refractivity (Wildman–Crippen MR) is 120 cm³/mol. The molecule has 5 nitrogen and oxygen atoms in total. The van der Waals surface area contributed by atoms with Gasteiger partial charge in [0.25, 0.3) is 0 Å². The van der Waals surface area contributed by atoms with Gasteiger partial charge in [-0.3, -0.25) is 9.59 Å². The van der Waals surface area contributed by atoms with Gasteiger partial charge in [0.05, 0.1) is 0 Å². The highest BCUT2D eigenvalue weighted by Crippen LogP contribution is 2.24. The van der Waals surface area contributed by atoms with Crippen LogP contribution in [0.25, 0.3) is 0 Å². The van der Waals surface area contributed by atoms with Crippen molar-refractivity contribution >= 4 is 35.0 Å². The molecule has 2 aromatic rings. The third-order valence-electron chi connectivity index (χ3n) is 4.92. The number of anilines is 2. The number of carbonyl (C=O) groups is 2. The van der Waals surface area contributed by atoms with Crippen molar-refractivity contribution < 1.29 is 14.0 Å². The Morgan fingerprint density at radius 1 is 1.10 bits per heavy atom. The molecule has 0 spiro atoms. The van der Waals surface area contributed by atoms with Crippen LogP contribution < -0.4 is 15.5 Å². The third-order valence-corrected chi connectivity index (χ3v) is 5.97. The van der Waals surface area contributed by atoms with Gasteiger partial charge in [0.15, 0.2) is 0 Å². The zero-order chi connectivity index (χ0) is 21.3. The van der Waals surface area contributed by atoms with Crippen LogP contribution in [0.5, 0.6) is 0 Å². The van der Waals surface area contributed by atoms with Gasteiger partial charge in [-0.1, -0.05) is 18.2 Å². The minimum absolute atomic E-state index is 0.137. The molecule has 1 aliphatic heterocycles. The average Bonchev–Trinajstić information content (AvgIpc) is 3.24. The Labute approximate surface area is 181 Å². The van der Waals surface area contributed by atoms with Gasteiger partial charge in [-0.25, -0.2) is 4.39 Å². The van der Waals surface area contributed by atoms with Gasteiger partial charge < -0.3 is 15.5 Å². The van der Waals surface area contributed by atoms with E-state index in [1.807, 2.05) is 25.1 Å². The molecular formula is C23H28FN3O2S. The number of hydrogen-bond donors (Lipinski definition) is 2. The fraction of sp³-hybridized carbons (Fsp3) is 0.391. The normalized spacial score (nSPS) is 14.4. The number of nitrogens with zero attached hydrogens (tertiary/aromatic N) is 1. The number of amides is 2. The third kappa shape index (κ3) is 6.76. The first-order chi connectivity index (χ1) is 14.5. The molecule has 1 aliphatic rings. The lowest BCUT2D eigenvalue weighted by atomic mass is 10.2. The maximum Gasteiger partial charge on any atom is 0.226 e. The van der Waals surface area contributed by atoms with E-state index in [9.17, 15) is 14.0 Å². The molecule has 30 heavy (non-hydrogen) atoms. The molecule has 0 radical (unpaired) electrons. The second-order valence-corrected chi connectivity index (χ2v) is 8.63. The summed E-state index contributed by atoms with van der Waals surface area (Å²) in [5.74, 6) is -0.0753. The number of carbonyl (C=O) groups excluding carboxylic acids is 2. The molecule has 3 rings (SSSR count). The van der Waals surface area contributed by atoms with Crippen molar-refractivity contribution in [3.8, 4) is 0 Å². The Balaban J connectivity index is 1.39. The molecule has 0 saturated carbocycles. The standard InChI is InChI=1S/C23H28FN3O2S/c1-17(25-22(28)11-14-30-21-10-3-2-9-20(21)24)15-23(29)26-18-7-6-8-19(16-18)27-12-4-5-13-27/h2-3,6-10,16-17H,4-5,11-15H2,1H3,(H,25,28)(H,26,29). The molecule has 2 N–H and O–H groups in total. The van der Waals surface area contributed by atoms with Gasteiger partial charge in [-0.05, 0) is 50.1 Å². The molecule has 1 unspecified atom stereocenters. The summed E-state index contributed by atoms with van der Waals surface area (Å²) in [6.07, 6.45) is 2.86. The molecule has 0 aromatic heterocycles. The minimum atomic E-state index is -0.280. The molecule has 1 heterocycles. The van der Waals surface area contributed by atoms with Crippen molar-refractivity contribution in [2.75, 3.05) is 29.1 Å². The topological polar surface area (TPSA) is 61.4 Å². The lowest BCUT2D eigenvalue weighted by Crippen LogP contribution is -2.35. The van der Waals surface area contributed by atoms with Crippen LogP contribution >= 0.6 is 11.8 Å². The van der Waals surface area contributed by atoms with Crippen LogP contribution in [0.2, 0.25) is 0 Å². The first-order valence-corrected chi connectivity index (χ1v) is 11.3. The molecule has 2 aromatic carbocycles. The Hall–Kier alpha value is -2.54. The molecule has 1 fully saturated rings. The van der Waals surface area contributed by atoms with Gasteiger partial charge in [-0.2, -0.15) is 0 Å². The Morgan fingerprint density at radius 2 is 1.87 bits per heavy atom. The van der Waals surface area contributed by atoms with Crippen molar-refractivity contribution in [3.63, 3.8) is 0 Å². The first-order valence-electron chi connectivity index (χ1n) is 10.3. The summed E-state index contributed by atoms with van der Waals surface area (Å²) in [6, 6.07) is 14.1. The van der Waals surface area contributed by atoms with Crippen LogP contribution in [0.4, 0.5) is 15.8 Å². The van der Waals surface area contributed by atoms with Crippen LogP contribution in [0, 0.1) is 5.82 Å². The van der Waals surface area contributed by atoms with E-state index in [1.54, 1.807) is 18.2 Å². The van der Waals surface area contributed by atoms with Crippen LogP contribution in [0.3, 0.4) is 0 Å². The average molecular weight is 430 g/mol. The molecule has 1 saturated heterocycles. The summed E-state index contributed by atoms with van der Waals surface area (Å²) in [5, 5.41) is 5.76. The lowest BCUT2D eigenvalue weighted by Gasteiger charge is -2.19. The Bertz CT molecular complexity index is 871. The van der Waals surface area contributed by atoms with Crippen LogP contribution in [0.1, 0.15) is 32.6 Å². The zero-order valence-corrected chi connectivity index (χ0v) is 18.0. The number of hydrogen-bond acceptors (Lipinski definition) is 4. The summed E-state index contributed by atoms with van der Waals surface area (Å²) in [7, 11) is 0. The lowest BCUT2D eigenvalue weighted by molar-refractivity contribution is -0.121. The number of thioether (sulfide) groups is 1. The van der Waals surface area contributed by atoms with E-state index >= 15 is 0 Å². The first kappa shape index (κ1) is 22.2. The van der Waals surface area contributed by atoms with Gasteiger partial charge in [-0.15, -0.1) is 11.8 Å². The van der Waals surface area contributed by atoms with E-state index < -0.39 is 0 Å². The van der Waals surface area contributed by atoms with E-state index in [-0.39, 0.29) is 36.5 Å². The van der Waals surface area contributed by atoms with Crippen molar-refractivity contribution in [3.05, 3.63) is 54.3 Å². The second kappa shape index (κ2) is 11.0. The smallest absolute Gasteiger partial charge is 0.226 e. The molecule has 2 amide bonds. The number of rotatable bonds is 9. The number of benzene rings is 2. The van der Waals surface area contributed by atoms with E-state index in [0.29, 0.717) is 10.6 Å². The molecule has 1 atom stereocenters. The fourth-order valence-electron chi connectivity index (χ4n) is 3.46. The highest BCUT2D eigenvalue weighted by molar-refractivity contribution is 7.99. The summed E-state index contributed by atoms with van der Waals surface area (Å²) in [4.78, 5) is 27.3. The van der Waals surface area contributed by atoms with E-state index in [4.69, 9.17) is 0 Å². The van der Waals surface area contributed by atoms with Gasteiger partial charge in [0.2, 0.25) is 11.8 Å². The van der Waals surface area contributed by atoms with Gasteiger partial charge >= 0.3 is 0 Å². The van der Waals surface area contributed by atoms with E-state index in [2.05, 4.69) is 21.6 Å². The second-order valence-electron chi connectivity index (χ2n) is 7.49. The molecular weight excluding hydrogens is 401 g/mol. The largest absolute Gasteiger partial charge is 0.371 e. The summed E-state index contributed by atoms with van der Waals surface area (Å²) in [5.41, 5.74) is 1.89. The van der Waals surface area contributed by atoms with Crippen molar-refractivity contribution in [2.45, 2.75) is 43.5 Å². The van der Waals surface area contributed by atoms with Crippen molar-refractivity contribution in [2.24, 2.45) is 0 Å². The minimum Gasteiger partial charge on any atom is -0.371 e. The predicted octanol–water partition coefficient (Wildman–Crippen LogP) is 4.44. The zero-order valence-electron chi connectivity index (χ0n) is 17.2. The number of halogens is 1. The van der Waals surface area contributed by atoms with Crippen molar-refractivity contribution in [1.29, 1.82) is 0 Å². The Morgan fingerprint density at radius 3 is 2.63 bits per heavy atom. The van der Waals surface area contributed by atoms with E-state index in [0.717, 1.165) is 24.5 Å². The molecule has 7 heteroatoms. The number of nitrogens with one attached hydrogen (secondary N) is 2. The summed E-state index contributed by atoms with van der Waals surface area (Å²) in [6.45, 7) is 3.91. The Kier molecular flexibility index (Phi) is 8.13. The maximum absolute atomic E-state index is 13.6. The van der Waals surface area contributed by atoms with Crippen molar-refractivity contribution in [1.82, 2.24) is 5.32 Å². The summed E-state index contributed by atoms with van der Waals surface area (Å²) < 4.78 is 13.6. The molecule has 160 valence electrons. The van der Waals surface area contributed by atoms with E-state index in [1.165, 1.54) is 30.7 Å². The highest BCUT2D eigenvalue weighted by Gasteiger charge is 2.15. The van der Waals surface area contributed by atoms with Crippen LogP contribution in [0.15, 0.2) is 53.4 Å². The van der Waals surface area contributed by atoms with Gasteiger partial charge in [0, 0.05) is 54.0 Å².